The van der Waals surface area contributed by atoms with E-state index in [0.29, 0.717) is 11.5 Å². The van der Waals surface area contributed by atoms with Gasteiger partial charge in [0.05, 0.1) is 5.69 Å². The number of urea groups is 1. The number of fused-ring (bicyclic) bond motifs is 1. The van der Waals surface area contributed by atoms with Gasteiger partial charge in [0.2, 0.25) is 22.7 Å². The Bertz CT molecular complexity index is 717. The van der Waals surface area contributed by atoms with E-state index < -0.39 is 27.2 Å². The van der Waals surface area contributed by atoms with E-state index in [2.05, 4.69) is 10.0 Å². The van der Waals surface area contributed by atoms with Crippen LogP contribution < -0.4 is 24.8 Å². The third kappa shape index (κ3) is 2.57. The lowest BCUT2D eigenvalue weighted by Gasteiger charge is -2.22. The van der Waals surface area contributed by atoms with E-state index in [1.807, 2.05) is 5.32 Å². The van der Waals surface area contributed by atoms with Crippen molar-refractivity contribution in [1.29, 1.82) is 0 Å². The maximum absolute atomic E-state index is 12.2. The molecule has 2 aliphatic heterocycles. The summed E-state index contributed by atoms with van der Waals surface area (Å²) < 4.78 is 36.9. The van der Waals surface area contributed by atoms with Crippen molar-refractivity contribution in [2.75, 3.05) is 18.1 Å². The number of rotatable bonds is 3. The number of ether oxygens (including phenoxy) is 2. The van der Waals surface area contributed by atoms with Crippen molar-refractivity contribution in [1.82, 2.24) is 10.6 Å². The fourth-order valence-electron chi connectivity index (χ4n) is 1.96. The summed E-state index contributed by atoms with van der Waals surface area (Å²) in [5.41, 5.74) is 0.240. The highest BCUT2D eigenvalue weighted by Crippen LogP contribution is 2.34. The summed E-state index contributed by atoms with van der Waals surface area (Å²) in [5.74, 6) is 0.0595. The van der Waals surface area contributed by atoms with Crippen LogP contribution in [0.15, 0.2) is 18.2 Å². The number of carbonyl (C=O) groups is 2. The zero-order valence-corrected chi connectivity index (χ0v) is 11.4. The fraction of sp³-hybridized carbons (Fsp3) is 0.273. The lowest BCUT2D eigenvalue weighted by atomic mass is 10.3. The molecule has 21 heavy (non-hydrogen) atoms. The van der Waals surface area contributed by atoms with Crippen LogP contribution in [-0.2, 0) is 14.8 Å². The predicted molar refractivity (Wildman–Crippen MR) is 70.4 cm³/mol. The number of hydrogen-bond donors (Lipinski definition) is 3. The van der Waals surface area contributed by atoms with Crippen LogP contribution in [0.25, 0.3) is 0 Å². The second kappa shape index (κ2) is 4.81. The summed E-state index contributed by atoms with van der Waals surface area (Å²) in [7, 11) is -4.00. The summed E-state index contributed by atoms with van der Waals surface area (Å²) in [4.78, 5) is 22.5. The molecule has 0 bridgehead atoms. The van der Waals surface area contributed by atoms with Crippen molar-refractivity contribution in [2.24, 2.45) is 0 Å². The summed E-state index contributed by atoms with van der Waals surface area (Å²) >= 11 is 0. The van der Waals surface area contributed by atoms with Crippen molar-refractivity contribution in [3.63, 3.8) is 0 Å². The summed E-state index contributed by atoms with van der Waals surface area (Å²) in [6, 6.07) is 3.79. The molecule has 1 atom stereocenters. The third-order valence-electron chi connectivity index (χ3n) is 2.98. The van der Waals surface area contributed by atoms with E-state index in [-0.39, 0.29) is 19.0 Å². The molecular weight excluding hydrogens is 302 g/mol. The van der Waals surface area contributed by atoms with Gasteiger partial charge in [0.15, 0.2) is 16.7 Å². The first kappa shape index (κ1) is 13.5. The zero-order chi connectivity index (χ0) is 15.0. The number of anilines is 1. The molecule has 1 aromatic carbocycles. The highest BCUT2D eigenvalue weighted by atomic mass is 32.2. The molecule has 1 unspecified atom stereocenters. The van der Waals surface area contributed by atoms with Gasteiger partial charge >= 0.3 is 6.03 Å². The molecule has 9 nitrogen and oxygen atoms in total. The number of nitrogens with one attached hydrogen (secondary N) is 3. The molecule has 1 fully saturated rings. The van der Waals surface area contributed by atoms with Crippen LogP contribution >= 0.6 is 0 Å². The number of sulfonamides is 1. The van der Waals surface area contributed by atoms with E-state index in [0.717, 1.165) is 0 Å². The van der Waals surface area contributed by atoms with Crippen molar-refractivity contribution in [3.05, 3.63) is 18.2 Å². The van der Waals surface area contributed by atoms with Crippen LogP contribution in [0.3, 0.4) is 0 Å². The molecule has 10 heteroatoms. The fourth-order valence-corrected chi connectivity index (χ4v) is 3.20. The topological polar surface area (TPSA) is 123 Å². The molecule has 3 N–H and O–H groups in total. The smallest absolute Gasteiger partial charge is 0.321 e. The molecule has 0 radical (unpaired) electrons. The number of hydrogen-bond acceptors (Lipinski definition) is 6. The van der Waals surface area contributed by atoms with Gasteiger partial charge in [-0.3, -0.25) is 14.8 Å². The quantitative estimate of drug-likeness (QED) is 0.682. The van der Waals surface area contributed by atoms with Crippen LogP contribution in [-0.4, -0.2) is 38.9 Å². The maximum atomic E-state index is 12.2. The Hall–Kier alpha value is -2.49. The van der Waals surface area contributed by atoms with E-state index in [1.165, 1.54) is 12.1 Å². The monoisotopic (exact) mass is 313 g/mol. The lowest BCUT2D eigenvalue weighted by Crippen LogP contribution is -2.58. The van der Waals surface area contributed by atoms with Gasteiger partial charge in [-0.1, -0.05) is 0 Å². The summed E-state index contributed by atoms with van der Waals surface area (Å²) in [6.07, 6.45) is 0. The van der Waals surface area contributed by atoms with E-state index in [9.17, 15) is 18.0 Å². The predicted octanol–water partition coefficient (Wildman–Crippen LogP) is -0.635. The number of carbonyl (C=O) groups excluding carboxylic acids is 2. The Morgan fingerprint density at radius 2 is 1.95 bits per heavy atom. The minimum atomic E-state index is -4.00. The minimum Gasteiger partial charge on any atom is -0.454 e. The van der Waals surface area contributed by atoms with Gasteiger partial charge in [0.1, 0.15) is 0 Å². The summed E-state index contributed by atoms with van der Waals surface area (Å²) in [5, 5.41) is 2.77. The van der Waals surface area contributed by atoms with E-state index in [1.54, 1.807) is 6.07 Å². The number of imide groups is 1. The van der Waals surface area contributed by atoms with Gasteiger partial charge in [-0.05, 0) is 12.1 Å². The maximum Gasteiger partial charge on any atom is 0.321 e. The van der Waals surface area contributed by atoms with Gasteiger partial charge in [-0.2, -0.15) is 0 Å². The number of amides is 3. The Balaban J connectivity index is 1.80. The van der Waals surface area contributed by atoms with Gasteiger partial charge in [0, 0.05) is 12.6 Å². The van der Waals surface area contributed by atoms with E-state index in [4.69, 9.17) is 9.47 Å². The van der Waals surface area contributed by atoms with Crippen LogP contribution in [0.4, 0.5) is 10.5 Å². The molecule has 2 aliphatic rings. The summed E-state index contributed by atoms with van der Waals surface area (Å²) in [6.45, 7) is -0.215. The van der Waals surface area contributed by atoms with Crippen molar-refractivity contribution < 1.29 is 27.5 Å². The molecule has 0 aliphatic carbocycles. The Labute approximate surface area is 119 Å². The standard InChI is InChI=1S/C11H11N3O6S/c15-10-9(4-12-11(16)13-10)21(17,18)14-6-1-2-7-8(3-6)20-5-19-7/h1-3,9,14H,4-5H2,(H2,12,13,15,16). The zero-order valence-electron chi connectivity index (χ0n) is 10.6. The first-order chi connectivity index (χ1) is 9.95. The highest BCUT2D eigenvalue weighted by Gasteiger charge is 2.37. The first-order valence-electron chi connectivity index (χ1n) is 5.96. The average Bonchev–Trinajstić information content (AvgIpc) is 2.85. The molecule has 0 spiro atoms. The second-order valence-electron chi connectivity index (χ2n) is 4.40. The van der Waals surface area contributed by atoms with Crippen molar-refractivity contribution in [2.45, 2.75) is 5.25 Å². The van der Waals surface area contributed by atoms with Crippen LogP contribution in [0.5, 0.6) is 11.5 Å². The van der Waals surface area contributed by atoms with Crippen LogP contribution in [0.2, 0.25) is 0 Å². The van der Waals surface area contributed by atoms with Crippen molar-refractivity contribution in [3.8, 4) is 11.5 Å². The Kier molecular flexibility index (Phi) is 3.09. The third-order valence-corrected chi connectivity index (χ3v) is 4.63. The lowest BCUT2D eigenvalue weighted by molar-refractivity contribution is -0.120. The number of benzene rings is 1. The molecule has 0 aromatic heterocycles. The van der Waals surface area contributed by atoms with Crippen molar-refractivity contribution >= 4 is 27.6 Å². The van der Waals surface area contributed by atoms with Gasteiger partial charge in [-0.25, -0.2) is 13.2 Å². The van der Waals surface area contributed by atoms with Crippen LogP contribution in [0, 0.1) is 0 Å². The normalized spacial score (nSPS) is 20.7. The molecule has 0 saturated carbocycles. The highest BCUT2D eigenvalue weighted by molar-refractivity contribution is 7.94. The molecule has 2 heterocycles. The molecular formula is C11H11N3O6S. The minimum absolute atomic E-state index is 0.0720. The average molecular weight is 313 g/mol. The molecule has 112 valence electrons. The SMILES string of the molecule is O=C1NCC(S(=O)(=O)Nc2ccc3c(c2)OCO3)C(=O)N1. The Morgan fingerprint density at radius 3 is 2.71 bits per heavy atom. The molecule has 1 saturated heterocycles. The van der Waals surface area contributed by atoms with Crippen LogP contribution in [0.1, 0.15) is 0 Å². The van der Waals surface area contributed by atoms with Gasteiger partial charge < -0.3 is 14.8 Å². The Morgan fingerprint density at radius 1 is 1.19 bits per heavy atom. The first-order valence-corrected chi connectivity index (χ1v) is 7.50. The van der Waals surface area contributed by atoms with Gasteiger partial charge in [0.25, 0.3) is 0 Å². The largest absolute Gasteiger partial charge is 0.454 e. The van der Waals surface area contributed by atoms with Gasteiger partial charge in [-0.15, -0.1) is 0 Å². The second-order valence-corrected chi connectivity index (χ2v) is 6.27. The molecule has 3 amide bonds. The molecule has 1 aromatic rings. The van der Waals surface area contributed by atoms with E-state index >= 15 is 0 Å². The molecule has 3 rings (SSSR count).